The Morgan fingerprint density at radius 3 is 2.67 bits per heavy atom. The lowest BCUT2D eigenvalue weighted by Crippen LogP contribution is -2.07. The van der Waals surface area contributed by atoms with Crippen LogP contribution in [0.25, 0.3) is 10.8 Å². The minimum absolute atomic E-state index is 0.225. The molecule has 0 heterocycles. The molecule has 3 heteroatoms. The first-order valence-electron chi connectivity index (χ1n) is 7.50. The van der Waals surface area contributed by atoms with Crippen LogP contribution < -0.4 is 0 Å². The van der Waals surface area contributed by atoms with E-state index in [1.165, 1.54) is 0 Å². The number of benzene rings is 2. The molecule has 2 aromatic carbocycles. The Hall–Kier alpha value is -2.03. The molecule has 0 spiro atoms. The van der Waals surface area contributed by atoms with E-state index < -0.39 is 0 Å². The summed E-state index contributed by atoms with van der Waals surface area (Å²) in [6.45, 7) is 4.85. The smallest absolute Gasteiger partial charge is 0.338 e. The number of ether oxygens (including phenoxy) is 1. The van der Waals surface area contributed by atoms with Crippen LogP contribution in [0.1, 0.15) is 43.5 Å². The van der Waals surface area contributed by atoms with Crippen LogP contribution in [-0.4, -0.2) is 17.7 Å². The number of phenols is 1. The first-order chi connectivity index (χ1) is 10.1. The maximum Gasteiger partial charge on any atom is 0.338 e. The van der Waals surface area contributed by atoms with Crippen LogP contribution in [0.4, 0.5) is 0 Å². The van der Waals surface area contributed by atoms with Crippen LogP contribution >= 0.6 is 0 Å². The van der Waals surface area contributed by atoms with Gasteiger partial charge in [0.1, 0.15) is 5.75 Å². The first kappa shape index (κ1) is 15.4. The molecule has 0 saturated carbocycles. The van der Waals surface area contributed by atoms with Crippen molar-refractivity contribution in [3.63, 3.8) is 0 Å². The molecule has 1 unspecified atom stereocenters. The second-order valence-corrected chi connectivity index (χ2v) is 5.54. The van der Waals surface area contributed by atoms with Gasteiger partial charge < -0.3 is 9.84 Å². The maximum atomic E-state index is 12.0. The summed E-state index contributed by atoms with van der Waals surface area (Å²) < 4.78 is 5.31. The monoisotopic (exact) mass is 286 g/mol. The number of esters is 1. The van der Waals surface area contributed by atoms with Gasteiger partial charge >= 0.3 is 5.97 Å². The zero-order valence-electron chi connectivity index (χ0n) is 12.6. The van der Waals surface area contributed by atoms with Crippen LogP contribution in [-0.2, 0) is 4.74 Å². The van der Waals surface area contributed by atoms with Gasteiger partial charge in [-0.15, -0.1) is 0 Å². The number of phenolic OH excluding ortho intramolecular Hbond substituents is 1. The van der Waals surface area contributed by atoms with Crippen LogP contribution in [0.15, 0.2) is 36.4 Å². The third-order valence-corrected chi connectivity index (χ3v) is 3.83. The predicted molar refractivity (Wildman–Crippen MR) is 84.6 cm³/mol. The molecule has 0 radical (unpaired) electrons. The minimum atomic E-state index is -0.283. The molecule has 0 aliphatic heterocycles. The molecular weight excluding hydrogens is 264 g/mol. The minimum Gasteiger partial charge on any atom is -0.508 e. The highest BCUT2D eigenvalue weighted by Crippen LogP contribution is 2.21. The molecule has 0 saturated heterocycles. The summed E-state index contributed by atoms with van der Waals surface area (Å²) in [5.74, 6) is 0.619. The second-order valence-electron chi connectivity index (χ2n) is 5.54. The molecule has 2 aromatic rings. The van der Waals surface area contributed by atoms with Crippen molar-refractivity contribution < 1.29 is 14.6 Å². The highest BCUT2D eigenvalue weighted by atomic mass is 16.5. The molecule has 0 aliphatic rings. The Balaban J connectivity index is 1.95. The summed E-state index contributed by atoms with van der Waals surface area (Å²) in [6.07, 6.45) is 3.15. The molecule has 0 aromatic heterocycles. The second kappa shape index (κ2) is 7.11. The van der Waals surface area contributed by atoms with Crippen molar-refractivity contribution in [1.82, 2.24) is 0 Å². The summed E-state index contributed by atoms with van der Waals surface area (Å²) in [5.41, 5.74) is 0.553. The van der Waals surface area contributed by atoms with Crippen molar-refractivity contribution in [3.8, 4) is 5.75 Å². The van der Waals surface area contributed by atoms with Gasteiger partial charge in [-0.3, -0.25) is 0 Å². The van der Waals surface area contributed by atoms with E-state index >= 15 is 0 Å². The molecule has 112 valence electrons. The third-order valence-electron chi connectivity index (χ3n) is 3.83. The van der Waals surface area contributed by atoms with Crippen molar-refractivity contribution in [2.24, 2.45) is 5.92 Å². The Labute approximate surface area is 125 Å². The van der Waals surface area contributed by atoms with Crippen molar-refractivity contribution >= 4 is 16.7 Å². The molecule has 1 N–H and O–H groups in total. The third kappa shape index (κ3) is 4.22. The van der Waals surface area contributed by atoms with E-state index in [9.17, 15) is 9.90 Å². The molecule has 0 aliphatic carbocycles. The number of carbonyl (C=O) groups is 1. The Morgan fingerprint density at radius 2 is 1.90 bits per heavy atom. The van der Waals surface area contributed by atoms with Gasteiger partial charge in [-0.25, -0.2) is 4.79 Å². The molecular formula is C18H22O3. The lowest BCUT2D eigenvalue weighted by atomic mass is 10.0. The number of fused-ring (bicyclic) bond motifs is 1. The lowest BCUT2D eigenvalue weighted by molar-refractivity contribution is 0.0494. The highest BCUT2D eigenvalue weighted by molar-refractivity contribution is 5.95. The van der Waals surface area contributed by atoms with Gasteiger partial charge in [0, 0.05) is 0 Å². The molecule has 0 amide bonds. The van der Waals surface area contributed by atoms with Gasteiger partial charge in [0.25, 0.3) is 0 Å². The Morgan fingerprint density at radius 1 is 1.19 bits per heavy atom. The van der Waals surface area contributed by atoms with Crippen molar-refractivity contribution in [3.05, 3.63) is 42.0 Å². The lowest BCUT2D eigenvalue weighted by Gasteiger charge is -2.09. The number of aromatic hydroxyl groups is 1. The zero-order valence-corrected chi connectivity index (χ0v) is 12.6. The van der Waals surface area contributed by atoms with Crippen molar-refractivity contribution in [1.29, 1.82) is 0 Å². The van der Waals surface area contributed by atoms with Gasteiger partial charge in [-0.05, 0) is 53.8 Å². The molecule has 0 bridgehead atoms. The Kier molecular flexibility index (Phi) is 5.20. The number of hydrogen-bond donors (Lipinski definition) is 1. The molecule has 21 heavy (non-hydrogen) atoms. The summed E-state index contributed by atoms with van der Waals surface area (Å²) >= 11 is 0. The fourth-order valence-electron chi connectivity index (χ4n) is 2.24. The molecule has 3 nitrogen and oxygen atoms in total. The molecule has 1 atom stereocenters. The average Bonchev–Trinajstić information content (AvgIpc) is 2.50. The molecule has 2 rings (SSSR count). The number of carbonyl (C=O) groups excluding carboxylic acids is 1. The van der Waals surface area contributed by atoms with Gasteiger partial charge in [-0.1, -0.05) is 32.4 Å². The number of rotatable bonds is 6. The summed E-state index contributed by atoms with van der Waals surface area (Å²) in [7, 11) is 0. The summed E-state index contributed by atoms with van der Waals surface area (Å²) in [6, 6.07) is 10.4. The average molecular weight is 286 g/mol. The highest BCUT2D eigenvalue weighted by Gasteiger charge is 2.08. The van der Waals surface area contributed by atoms with E-state index in [0.29, 0.717) is 18.1 Å². The van der Waals surface area contributed by atoms with Gasteiger partial charge in [0.2, 0.25) is 0 Å². The predicted octanol–water partition coefficient (Wildman–Crippen LogP) is 4.53. The van der Waals surface area contributed by atoms with E-state index in [0.717, 1.165) is 30.0 Å². The van der Waals surface area contributed by atoms with E-state index in [2.05, 4.69) is 13.8 Å². The van der Waals surface area contributed by atoms with Gasteiger partial charge in [0.15, 0.2) is 0 Å². The van der Waals surface area contributed by atoms with Gasteiger partial charge in [0.05, 0.1) is 12.2 Å². The first-order valence-corrected chi connectivity index (χ1v) is 7.50. The van der Waals surface area contributed by atoms with Crippen molar-refractivity contribution in [2.75, 3.05) is 6.61 Å². The van der Waals surface area contributed by atoms with Crippen LogP contribution in [0.3, 0.4) is 0 Å². The SMILES string of the molecule is CCC(C)CCCOC(=O)c1ccc2cc(O)ccc2c1. The van der Waals surface area contributed by atoms with Gasteiger partial charge in [-0.2, -0.15) is 0 Å². The standard InChI is InChI=1S/C18H22O3/c1-3-13(2)5-4-10-21-18(20)16-7-6-15-12-17(19)9-8-14(15)11-16/h6-9,11-13,19H,3-5,10H2,1-2H3. The van der Waals surface area contributed by atoms with E-state index in [-0.39, 0.29) is 11.7 Å². The van der Waals surface area contributed by atoms with Crippen LogP contribution in [0.2, 0.25) is 0 Å². The normalized spacial score (nSPS) is 12.3. The van der Waals surface area contributed by atoms with Crippen LogP contribution in [0, 0.1) is 5.92 Å². The fourth-order valence-corrected chi connectivity index (χ4v) is 2.24. The fraction of sp³-hybridized carbons (Fsp3) is 0.389. The van der Waals surface area contributed by atoms with Crippen molar-refractivity contribution in [2.45, 2.75) is 33.1 Å². The quantitative estimate of drug-likeness (QED) is 0.627. The van der Waals surface area contributed by atoms with E-state index in [4.69, 9.17) is 4.74 Å². The van der Waals surface area contributed by atoms with E-state index in [1.807, 2.05) is 6.07 Å². The Bertz CT molecular complexity index is 619. The van der Waals surface area contributed by atoms with E-state index in [1.54, 1.807) is 30.3 Å². The summed E-state index contributed by atoms with van der Waals surface area (Å²) in [4.78, 5) is 12.0. The largest absolute Gasteiger partial charge is 0.508 e. The molecule has 0 fully saturated rings. The van der Waals surface area contributed by atoms with Crippen LogP contribution in [0.5, 0.6) is 5.75 Å². The maximum absolute atomic E-state index is 12.0. The topological polar surface area (TPSA) is 46.5 Å². The summed E-state index contributed by atoms with van der Waals surface area (Å²) in [5, 5.41) is 11.2. The number of hydrogen-bond acceptors (Lipinski definition) is 3. The zero-order chi connectivity index (χ0) is 15.2.